The summed E-state index contributed by atoms with van der Waals surface area (Å²) in [6, 6.07) is -0.134. The second-order valence-corrected chi connectivity index (χ2v) is 5.76. The summed E-state index contributed by atoms with van der Waals surface area (Å²) in [5.74, 6) is -1.08. The molecule has 1 unspecified atom stereocenters. The Morgan fingerprint density at radius 2 is 2.00 bits per heavy atom. The molecule has 1 aliphatic rings. The summed E-state index contributed by atoms with van der Waals surface area (Å²) >= 11 is 1.88. The molecule has 19 heavy (non-hydrogen) atoms. The minimum absolute atomic E-state index is 0.0299. The fourth-order valence-corrected chi connectivity index (χ4v) is 2.88. The van der Waals surface area contributed by atoms with Crippen molar-refractivity contribution in [2.75, 3.05) is 19.9 Å². The lowest BCUT2D eigenvalue weighted by Crippen LogP contribution is -2.47. The quantitative estimate of drug-likeness (QED) is 0.681. The van der Waals surface area contributed by atoms with E-state index in [2.05, 4.69) is 16.9 Å². The Kier molecular flexibility index (Phi) is 7.01. The van der Waals surface area contributed by atoms with Crippen LogP contribution in [0.1, 0.15) is 25.7 Å². The van der Waals surface area contributed by atoms with Gasteiger partial charge in [0.15, 0.2) is 6.10 Å². The van der Waals surface area contributed by atoms with Gasteiger partial charge in [-0.2, -0.15) is 11.8 Å². The first-order valence-electron chi connectivity index (χ1n) is 6.39. The predicted octanol–water partition coefficient (Wildman–Crippen LogP) is 1.06. The van der Waals surface area contributed by atoms with E-state index in [1.54, 1.807) is 0 Å². The molecule has 1 rings (SSSR count). The van der Waals surface area contributed by atoms with Gasteiger partial charge in [0.1, 0.15) is 0 Å². The number of carboxylic acid groups (broad SMARTS) is 1. The Labute approximate surface area is 117 Å². The molecular formula is C12H22N2O4S. The van der Waals surface area contributed by atoms with E-state index >= 15 is 0 Å². The number of carbonyl (C=O) groups excluding carboxylic acids is 1. The maximum atomic E-state index is 11.6. The van der Waals surface area contributed by atoms with Crippen LogP contribution in [0.3, 0.4) is 0 Å². The Hall–Kier alpha value is -0.950. The molecule has 0 spiro atoms. The number of thioether (sulfide) groups is 1. The van der Waals surface area contributed by atoms with Gasteiger partial charge in [0.2, 0.25) is 0 Å². The molecule has 110 valence electrons. The van der Waals surface area contributed by atoms with Crippen molar-refractivity contribution in [1.82, 2.24) is 10.6 Å². The maximum absolute atomic E-state index is 11.6. The van der Waals surface area contributed by atoms with Gasteiger partial charge in [-0.25, -0.2) is 9.59 Å². The van der Waals surface area contributed by atoms with Crippen molar-refractivity contribution in [3.05, 3.63) is 0 Å². The normalized spacial score (nSPS) is 24.5. The van der Waals surface area contributed by atoms with Crippen LogP contribution in [0, 0.1) is 0 Å². The van der Waals surface area contributed by atoms with E-state index in [1.807, 2.05) is 11.8 Å². The molecule has 2 amide bonds. The summed E-state index contributed by atoms with van der Waals surface area (Å²) in [5, 5.41) is 14.9. The topological polar surface area (TPSA) is 87.7 Å². The fraction of sp³-hybridized carbons (Fsp3) is 0.833. The number of ether oxygens (including phenoxy) is 1. The van der Waals surface area contributed by atoms with Crippen LogP contribution in [-0.4, -0.2) is 54.4 Å². The second kappa shape index (κ2) is 8.27. The number of urea groups is 1. The number of hydrogen-bond donors (Lipinski definition) is 3. The first kappa shape index (κ1) is 16.1. The van der Waals surface area contributed by atoms with E-state index in [4.69, 9.17) is 9.84 Å². The molecule has 1 atom stereocenters. The zero-order valence-corrected chi connectivity index (χ0v) is 12.2. The highest BCUT2D eigenvalue weighted by atomic mass is 32.2. The van der Waals surface area contributed by atoms with Gasteiger partial charge in [-0.05, 0) is 31.9 Å². The number of carbonyl (C=O) groups is 2. The monoisotopic (exact) mass is 290 g/mol. The van der Waals surface area contributed by atoms with Crippen LogP contribution in [0.5, 0.6) is 0 Å². The lowest BCUT2D eigenvalue weighted by atomic mass is 9.95. The van der Waals surface area contributed by atoms with E-state index in [9.17, 15) is 9.59 Å². The van der Waals surface area contributed by atoms with Crippen LogP contribution >= 0.6 is 11.8 Å². The highest BCUT2D eigenvalue weighted by molar-refractivity contribution is 7.99. The highest BCUT2D eigenvalue weighted by Gasteiger charge is 2.22. The van der Waals surface area contributed by atoms with Gasteiger partial charge in [-0.15, -0.1) is 0 Å². The zero-order chi connectivity index (χ0) is 14.3. The standard InChI is InChI=1S/C12H22N2O4S/c1-18-10(11(15)16)7-13-12(17)14-8-3-5-9(19-2)6-4-8/h8-10H,3-7H2,1-2H3,(H,15,16)(H2,13,14,17). The van der Waals surface area contributed by atoms with E-state index in [-0.39, 0.29) is 18.6 Å². The minimum Gasteiger partial charge on any atom is -0.479 e. The Balaban J connectivity index is 2.23. The van der Waals surface area contributed by atoms with Crippen molar-refractivity contribution in [2.24, 2.45) is 0 Å². The van der Waals surface area contributed by atoms with Crippen molar-refractivity contribution >= 4 is 23.8 Å². The molecule has 3 N–H and O–H groups in total. The summed E-state index contributed by atoms with van der Waals surface area (Å²) in [4.78, 5) is 22.3. The molecule has 0 aromatic carbocycles. The number of hydrogen-bond acceptors (Lipinski definition) is 4. The Morgan fingerprint density at radius 1 is 1.37 bits per heavy atom. The predicted molar refractivity (Wildman–Crippen MR) is 74.5 cm³/mol. The van der Waals surface area contributed by atoms with Crippen LogP contribution in [0.2, 0.25) is 0 Å². The van der Waals surface area contributed by atoms with Gasteiger partial charge < -0.3 is 20.5 Å². The SMILES string of the molecule is COC(CNC(=O)NC1CCC(SC)CC1)C(=O)O. The van der Waals surface area contributed by atoms with Crippen molar-refractivity contribution in [3.8, 4) is 0 Å². The molecule has 1 aliphatic carbocycles. The summed E-state index contributed by atoms with van der Waals surface area (Å²) in [6.45, 7) is -0.0299. The molecule has 0 radical (unpaired) electrons. The fourth-order valence-electron chi connectivity index (χ4n) is 2.14. The van der Waals surface area contributed by atoms with Crippen molar-refractivity contribution < 1.29 is 19.4 Å². The van der Waals surface area contributed by atoms with Crippen molar-refractivity contribution in [3.63, 3.8) is 0 Å². The number of rotatable bonds is 6. The summed E-state index contributed by atoms with van der Waals surface area (Å²) < 4.78 is 4.74. The first-order chi connectivity index (χ1) is 9.06. The Bertz CT molecular complexity index is 306. The molecule has 0 aliphatic heterocycles. The number of carboxylic acids is 1. The Morgan fingerprint density at radius 3 is 2.47 bits per heavy atom. The average molecular weight is 290 g/mol. The third-order valence-electron chi connectivity index (χ3n) is 3.35. The summed E-state index contributed by atoms with van der Waals surface area (Å²) in [5.41, 5.74) is 0. The number of aliphatic carboxylic acids is 1. The second-order valence-electron chi connectivity index (χ2n) is 4.63. The molecule has 1 fully saturated rings. The molecule has 0 bridgehead atoms. The number of amides is 2. The minimum atomic E-state index is -1.08. The largest absolute Gasteiger partial charge is 0.479 e. The molecule has 7 heteroatoms. The smallest absolute Gasteiger partial charge is 0.334 e. The van der Waals surface area contributed by atoms with Gasteiger partial charge in [-0.1, -0.05) is 0 Å². The maximum Gasteiger partial charge on any atom is 0.334 e. The van der Waals surface area contributed by atoms with Crippen LogP contribution < -0.4 is 10.6 Å². The molecular weight excluding hydrogens is 268 g/mol. The lowest BCUT2D eigenvalue weighted by Gasteiger charge is -2.28. The first-order valence-corrected chi connectivity index (χ1v) is 7.68. The third kappa shape index (κ3) is 5.69. The van der Waals surface area contributed by atoms with Gasteiger partial charge >= 0.3 is 12.0 Å². The van der Waals surface area contributed by atoms with E-state index in [1.165, 1.54) is 7.11 Å². The van der Waals surface area contributed by atoms with Crippen molar-refractivity contribution in [1.29, 1.82) is 0 Å². The van der Waals surface area contributed by atoms with Gasteiger partial charge in [-0.3, -0.25) is 0 Å². The molecule has 0 aromatic rings. The van der Waals surface area contributed by atoms with Gasteiger partial charge in [0.25, 0.3) is 0 Å². The van der Waals surface area contributed by atoms with Crippen LogP contribution in [0.4, 0.5) is 4.79 Å². The van der Waals surface area contributed by atoms with Crippen LogP contribution in [0.15, 0.2) is 0 Å². The molecule has 0 heterocycles. The zero-order valence-electron chi connectivity index (χ0n) is 11.3. The van der Waals surface area contributed by atoms with Crippen LogP contribution in [-0.2, 0) is 9.53 Å². The van der Waals surface area contributed by atoms with Gasteiger partial charge in [0.05, 0.1) is 6.54 Å². The molecule has 1 saturated carbocycles. The lowest BCUT2D eigenvalue weighted by molar-refractivity contribution is -0.147. The highest BCUT2D eigenvalue weighted by Crippen LogP contribution is 2.26. The van der Waals surface area contributed by atoms with E-state index < -0.39 is 12.1 Å². The third-order valence-corrected chi connectivity index (χ3v) is 4.49. The van der Waals surface area contributed by atoms with E-state index in [0.29, 0.717) is 5.25 Å². The van der Waals surface area contributed by atoms with Crippen molar-refractivity contribution in [2.45, 2.75) is 43.1 Å². The van der Waals surface area contributed by atoms with Gasteiger partial charge in [0, 0.05) is 18.4 Å². The average Bonchev–Trinajstić information content (AvgIpc) is 2.40. The van der Waals surface area contributed by atoms with Crippen LogP contribution in [0.25, 0.3) is 0 Å². The summed E-state index contributed by atoms with van der Waals surface area (Å²) in [7, 11) is 1.31. The molecule has 0 saturated heterocycles. The summed E-state index contributed by atoms with van der Waals surface area (Å²) in [6.07, 6.45) is 5.29. The molecule has 0 aromatic heterocycles. The molecule has 6 nitrogen and oxygen atoms in total. The number of methoxy groups -OCH3 is 1. The van der Waals surface area contributed by atoms with E-state index in [0.717, 1.165) is 25.7 Å². The number of nitrogens with one attached hydrogen (secondary N) is 2.